The Morgan fingerprint density at radius 2 is 1.62 bits per heavy atom. The predicted molar refractivity (Wildman–Crippen MR) is 151 cm³/mol. The second kappa shape index (κ2) is 13.4. The van der Waals surface area contributed by atoms with Crippen LogP contribution in [-0.2, 0) is 26.2 Å². The van der Waals surface area contributed by atoms with Crippen LogP contribution in [0.3, 0.4) is 0 Å². The summed E-state index contributed by atoms with van der Waals surface area (Å²) in [4.78, 5) is 28.6. The summed E-state index contributed by atoms with van der Waals surface area (Å²) < 4.78 is 42.2. The molecular formula is C30H36FN3O4S. The van der Waals surface area contributed by atoms with Crippen LogP contribution in [0.15, 0.2) is 83.8 Å². The molecule has 0 fully saturated rings. The molecule has 208 valence electrons. The topological polar surface area (TPSA) is 86.8 Å². The molecule has 0 saturated heterocycles. The number of hydrogen-bond acceptors (Lipinski definition) is 4. The molecule has 0 aliphatic heterocycles. The molecule has 3 aromatic rings. The minimum absolute atomic E-state index is 0.0137. The maximum absolute atomic E-state index is 14.0. The van der Waals surface area contributed by atoms with E-state index in [1.54, 1.807) is 55.5 Å². The summed E-state index contributed by atoms with van der Waals surface area (Å²) in [6, 6.07) is 19.6. The zero-order chi connectivity index (χ0) is 28.6. The molecular weight excluding hydrogens is 517 g/mol. The Labute approximate surface area is 230 Å². The first-order valence-electron chi connectivity index (χ1n) is 13.0. The molecule has 0 radical (unpaired) electrons. The van der Waals surface area contributed by atoms with Gasteiger partial charge in [0.2, 0.25) is 11.8 Å². The van der Waals surface area contributed by atoms with Gasteiger partial charge in [0.1, 0.15) is 18.4 Å². The monoisotopic (exact) mass is 553 g/mol. The van der Waals surface area contributed by atoms with E-state index in [1.165, 1.54) is 29.2 Å². The Morgan fingerprint density at radius 1 is 0.949 bits per heavy atom. The Balaban J connectivity index is 2.03. The largest absolute Gasteiger partial charge is 0.354 e. The first-order chi connectivity index (χ1) is 18.5. The van der Waals surface area contributed by atoms with Gasteiger partial charge in [-0.3, -0.25) is 13.9 Å². The number of anilines is 1. The fourth-order valence-corrected chi connectivity index (χ4v) is 5.59. The number of benzene rings is 3. The highest BCUT2D eigenvalue weighted by Crippen LogP contribution is 2.25. The third-order valence-electron chi connectivity index (χ3n) is 6.24. The average molecular weight is 554 g/mol. The number of carbonyl (C=O) groups excluding carboxylic acids is 2. The van der Waals surface area contributed by atoms with Gasteiger partial charge in [0.15, 0.2) is 0 Å². The molecule has 0 heterocycles. The number of amides is 2. The molecule has 3 aromatic carbocycles. The van der Waals surface area contributed by atoms with Crippen LogP contribution in [0.5, 0.6) is 0 Å². The minimum atomic E-state index is -4.12. The lowest BCUT2D eigenvalue weighted by Gasteiger charge is -2.33. The van der Waals surface area contributed by atoms with E-state index in [-0.39, 0.29) is 23.3 Å². The second-order valence-electron chi connectivity index (χ2n) is 9.87. The molecule has 0 aromatic heterocycles. The molecule has 3 rings (SSSR count). The smallest absolute Gasteiger partial charge is 0.264 e. The summed E-state index contributed by atoms with van der Waals surface area (Å²) in [5, 5.41) is 2.89. The van der Waals surface area contributed by atoms with Gasteiger partial charge in [-0.15, -0.1) is 0 Å². The van der Waals surface area contributed by atoms with Gasteiger partial charge in [0, 0.05) is 13.1 Å². The highest BCUT2D eigenvalue weighted by Gasteiger charge is 2.33. The SMILES string of the molecule is CC[C@H](C(=O)NCC(C)C)N(Cc1ccc(F)cc1)C(=O)CN(c1cccc(C)c1)S(=O)(=O)c1ccccc1. The number of carbonyl (C=O) groups is 2. The zero-order valence-corrected chi connectivity index (χ0v) is 23.6. The molecule has 0 spiro atoms. The standard InChI is InChI=1S/C30H36FN3O4S/c1-5-28(30(36)32-19-22(2)3)33(20-24-14-16-25(31)17-15-24)29(35)21-34(26-11-9-10-23(4)18-26)39(37,38)27-12-7-6-8-13-27/h6-18,22,28H,5,19-21H2,1-4H3,(H,32,36)/t28-/m1/s1. The summed E-state index contributed by atoms with van der Waals surface area (Å²) in [6.07, 6.45) is 0.312. The molecule has 0 unspecified atom stereocenters. The van der Waals surface area contributed by atoms with Gasteiger partial charge >= 0.3 is 0 Å². The average Bonchev–Trinajstić information content (AvgIpc) is 2.91. The van der Waals surface area contributed by atoms with Crippen LogP contribution in [0.25, 0.3) is 0 Å². The van der Waals surface area contributed by atoms with Crippen molar-refractivity contribution >= 4 is 27.5 Å². The number of rotatable bonds is 12. The van der Waals surface area contributed by atoms with E-state index in [1.807, 2.05) is 26.8 Å². The lowest BCUT2D eigenvalue weighted by Crippen LogP contribution is -2.52. The molecule has 1 N–H and O–H groups in total. The quantitative estimate of drug-likeness (QED) is 0.345. The van der Waals surface area contributed by atoms with Crippen molar-refractivity contribution in [1.82, 2.24) is 10.2 Å². The maximum Gasteiger partial charge on any atom is 0.264 e. The third-order valence-corrected chi connectivity index (χ3v) is 8.02. The lowest BCUT2D eigenvalue weighted by molar-refractivity contribution is -0.140. The van der Waals surface area contributed by atoms with E-state index in [0.29, 0.717) is 24.2 Å². The van der Waals surface area contributed by atoms with Gasteiger partial charge in [-0.05, 0) is 66.8 Å². The number of hydrogen-bond donors (Lipinski definition) is 1. The van der Waals surface area contributed by atoms with Crippen molar-refractivity contribution in [2.24, 2.45) is 5.92 Å². The minimum Gasteiger partial charge on any atom is -0.354 e. The zero-order valence-electron chi connectivity index (χ0n) is 22.8. The van der Waals surface area contributed by atoms with Crippen LogP contribution in [0, 0.1) is 18.7 Å². The van der Waals surface area contributed by atoms with Crippen molar-refractivity contribution in [3.05, 3.63) is 95.8 Å². The number of sulfonamides is 1. The fraction of sp³-hybridized carbons (Fsp3) is 0.333. The molecule has 1 atom stereocenters. The molecule has 7 nitrogen and oxygen atoms in total. The molecule has 0 aliphatic rings. The molecule has 0 bridgehead atoms. The summed E-state index contributed by atoms with van der Waals surface area (Å²) >= 11 is 0. The second-order valence-corrected chi connectivity index (χ2v) is 11.7. The normalized spacial score (nSPS) is 12.2. The number of nitrogens with one attached hydrogen (secondary N) is 1. The summed E-state index contributed by atoms with van der Waals surface area (Å²) in [7, 11) is -4.12. The fourth-order valence-electron chi connectivity index (χ4n) is 4.16. The summed E-state index contributed by atoms with van der Waals surface area (Å²) in [5.74, 6) is -1.08. The van der Waals surface area contributed by atoms with Crippen molar-refractivity contribution in [3.8, 4) is 0 Å². The van der Waals surface area contributed by atoms with Crippen LogP contribution >= 0.6 is 0 Å². The van der Waals surface area contributed by atoms with Crippen molar-refractivity contribution in [2.45, 2.75) is 51.6 Å². The third kappa shape index (κ3) is 7.89. The van der Waals surface area contributed by atoms with E-state index in [0.717, 1.165) is 9.87 Å². The van der Waals surface area contributed by atoms with E-state index in [2.05, 4.69) is 5.32 Å². The van der Waals surface area contributed by atoms with Gasteiger partial charge < -0.3 is 10.2 Å². The predicted octanol–water partition coefficient (Wildman–Crippen LogP) is 4.91. The van der Waals surface area contributed by atoms with Crippen LogP contribution < -0.4 is 9.62 Å². The van der Waals surface area contributed by atoms with Crippen LogP contribution in [0.2, 0.25) is 0 Å². The highest BCUT2D eigenvalue weighted by molar-refractivity contribution is 7.92. The van der Waals surface area contributed by atoms with Crippen molar-refractivity contribution in [2.75, 3.05) is 17.4 Å². The van der Waals surface area contributed by atoms with Crippen LogP contribution in [0.1, 0.15) is 38.3 Å². The summed E-state index contributed by atoms with van der Waals surface area (Å²) in [6.45, 7) is 7.50. The Morgan fingerprint density at radius 3 is 2.21 bits per heavy atom. The van der Waals surface area contributed by atoms with Crippen LogP contribution in [0.4, 0.5) is 10.1 Å². The Hall–Kier alpha value is -3.72. The Bertz CT molecular complexity index is 1360. The molecule has 0 aliphatic carbocycles. The van der Waals surface area contributed by atoms with E-state index >= 15 is 0 Å². The van der Waals surface area contributed by atoms with E-state index < -0.39 is 34.3 Å². The van der Waals surface area contributed by atoms with Crippen molar-refractivity contribution < 1.29 is 22.4 Å². The number of halogens is 1. The maximum atomic E-state index is 14.0. The molecule has 39 heavy (non-hydrogen) atoms. The van der Waals surface area contributed by atoms with Gasteiger partial charge in [-0.1, -0.05) is 63.2 Å². The van der Waals surface area contributed by atoms with Gasteiger partial charge in [-0.2, -0.15) is 0 Å². The van der Waals surface area contributed by atoms with Gasteiger partial charge in [0.25, 0.3) is 10.0 Å². The first kappa shape index (κ1) is 29.8. The number of aryl methyl sites for hydroxylation is 1. The van der Waals surface area contributed by atoms with Crippen molar-refractivity contribution in [3.63, 3.8) is 0 Å². The lowest BCUT2D eigenvalue weighted by atomic mass is 10.1. The van der Waals surface area contributed by atoms with Crippen LogP contribution in [-0.4, -0.2) is 44.3 Å². The molecule has 2 amide bonds. The van der Waals surface area contributed by atoms with Crippen molar-refractivity contribution in [1.29, 1.82) is 0 Å². The van der Waals surface area contributed by atoms with E-state index in [4.69, 9.17) is 0 Å². The first-order valence-corrected chi connectivity index (χ1v) is 14.4. The van der Waals surface area contributed by atoms with E-state index in [9.17, 15) is 22.4 Å². The van der Waals surface area contributed by atoms with Gasteiger partial charge in [0.05, 0.1) is 10.6 Å². The summed E-state index contributed by atoms with van der Waals surface area (Å²) in [5.41, 5.74) is 1.79. The number of nitrogens with zero attached hydrogens (tertiary/aromatic N) is 2. The molecule has 0 saturated carbocycles. The Kier molecular flexibility index (Phi) is 10.2. The molecule has 9 heteroatoms. The highest BCUT2D eigenvalue weighted by atomic mass is 32.2. The van der Waals surface area contributed by atoms with Gasteiger partial charge in [-0.25, -0.2) is 12.8 Å².